The molecule has 0 aliphatic rings. The zero-order chi connectivity index (χ0) is 49.9. The van der Waals surface area contributed by atoms with E-state index >= 15 is 0 Å². The average molecular weight is 971 g/mol. The molecule has 2 atom stereocenters. The van der Waals surface area contributed by atoms with Crippen molar-refractivity contribution in [3.63, 3.8) is 0 Å². The summed E-state index contributed by atoms with van der Waals surface area (Å²) in [5, 5.41) is 0. The number of carbonyl (C=O) groups is 2. The second kappa shape index (κ2) is 48.9. The van der Waals surface area contributed by atoms with Crippen LogP contribution in [0.4, 0.5) is 0 Å². The first-order valence-electron chi connectivity index (χ1n) is 27.0. The zero-order valence-electron chi connectivity index (χ0n) is 44.1. The maximum absolute atomic E-state index is 12.8. The number of unbranched alkanes of at least 4 members (excludes halogenated alkanes) is 18. The molecular formula is C58H101NO8P+. The summed E-state index contributed by atoms with van der Waals surface area (Å²) in [6, 6.07) is 0. The van der Waals surface area contributed by atoms with E-state index in [2.05, 4.69) is 111 Å². The highest BCUT2D eigenvalue weighted by atomic mass is 31.2. The van der Waals surface area contributed by atoms with Crippen LogP contribution in [0.25, 0.3) is 0 Å². The van der Waals surface area contributed by atoms with Crippen LogP contribution >= 0.6 is 7.82 Å². The Kier molecular flexibility index (Phi) is 46.7. The molecule has 390 valence electrons. The Morgan fingerprint density at radius 1 is 0.471 bits per heavy atom. The summed E-state index contributed by atoms with van der Waals surface area (Å²) >= 11 is 0. The third-order valence-corrected chi connectivity index (χ3v) is 12.1. The molecule has 0 rings (SSSR count). The predicted molar refractivity (Wildman–Crippen MR) is 288 cm³/mol. The van der Waals surface area contributed by atoms with Crippen LogP contribution in [0.3, 0.4) is 0 Å². The van der Waals surface area contributed by atoms with E-state index in [0.717, 1.165) is 109 Å². The quantitative estimate of drug-likeness (QED) is 0.0211. The number of hydrogen-bond donors (Lipinski definition) is 1. The van der Waals surface area contributed by atoms with Crippen molar-refractivity contribution in [3.8, 4) is 0 Å². The summed E-state index contributed by atoms with van der Waals surface area (Å²) in [7, 11) is 1.46. The number of ether oxygens (including phenoxy) is 2. The summed E-state index contributed by atoms with van der Waals surface area (Å²) in [6.45, 7) is 4.22. The maximum Gasteiger partial charge on any atom is 0.472 e. The van der Waals surface area contributed by atoms with E-state index in [-0.39, 0.29) is 32.0 Å². The van der Waals surface area contributed by atoms with Crippen LogP contribution < -0.4 is 0 Å². The Morgan fingerprint density at radius 2 is 0.838 bits per heavy atom. The molecule has 0 heterocycles. The van der Waals surface area contributed by atoms with Gasteiger partial charge in [0.1, 0.15) is 19.8 Å². The van der Waals surface area contributed by atoms with Crippen molar-refractivity contribution in [1.82, 2.24) is 0 Å². The number of carbonyl (C=O) groups excluding carboxylic acids is 2. The lowest BCUT2D eigenvalue weighted by atomic mass is 10.0. The molecule has 10 heteroatoms. The lowest BCUT2D eigenvalue weighted by Crippen LogP contribution is -2.37. The van der Waals surface area contributed by atoms with Gasteiger partial charge in [-0.1, -0.05) is 201 Å². The van der Waals surface area contributed by atoms with Gasteiger partial charge in [-0.25, -0.2) is 4.57 Å². The van der Waals surface area contributed by atoms with Gasteiger partial charge in [0, 0.05) is 12.8 Å². The van der Waals surface area contributed by atoms with Crippen LogP contribution in [-0.2, 0) is 32.7 Å². The fourth-order valence-corrected chi connectivity index (χ4v) is 7.68. The number of phosphoric acid groups is 1. The van der Waals surface area contributed by atoms with E-state index in [1.807, 2.05) is 21.1 Å². The molecule has 0 spiro atoms. The van der Waals surface area contributed by atoms with Crippen LogP contribution in [0.5, 0.6) is 0 Å². The number of phosphoric ester groups is 1. The largest absolute Gasteiger partial charge is 0.472 e. The molecule has 0 saturated carbocycles. The fourth-order valence-electron chi connectivity index (χ4n) is 6.94. The van der Waals surface area contributed by atoms with Crippen molar-refractivity contribution in [2.24, 2.45) is 0 Å². The molecule has 0 aromatic rings. The monoisotopic (exact) mass is 971 g/mol. The maximum atomic E-state index is 12.8. The van der Waals surface area contributed by atoms with Crippen molar-refractivity contribution >= 4 is 19.8 Å². The molecule has 0 aromatic heterocycles. The molecule has 0 radical (unpaired) electrons. The van der Waals surface area contributed by atoms with Crippen molar-refractivity contribution in [2.75, 3.05) is 47.5 Å². The van der Waals surface area contributed by atoms with Gasteiger partial charge in [0.2, 0.25) is 0 Å². The van der Waals surface area contributed by atoms with Crippen LogP contribution in [0.1, 0.15) is 206 Å². The van der Waals surface area contributed by atoms with Gasteiger partial charge >= 0.3 is 19.8 Å². The highest BCUT2D eigenvalue weighted by Crippen LogP contribution is 2.43. The van der Waals surface area contributed by atoms with Crippen LogP contribution in [-0.4, -0.2) is 74.9 Å². The molecule has 0 aliphatic heterocycles. The molecule has 0 amide bonds. The molecule has 0 bridgehead atoms. The lowest BCUT2D eigenvalue weighted by Gasteiger charge is -2.24. The number of hydrogen-bond acceptors (Lipinski definition) is 7. The van der Waals surface area contributed by atoms with E-state index in [0.29, 0.717) is 17.4 Å². The summed E-state index contributed by atoms with van der Waals surface area (Å²) in [5.74, 6) is -0.822. The van der Waals surface area contributed by atoms with Gasteiger partial charge in [-0.05, 0) is 89.9 Å². The molecule has 0 aliphatic carbocycles. The predicted octanol–water partition coefficient (Wildman–Crippen LogP) is 16.5. The van der Waals surface area contributed by atoms with Crippen LogP contribution in [0.2, 0.25) is 0 Å². The van der Waals surface area contributed by atoms with E-state index in [4.69, 9.17) is 18.5 Å². The smallest absolute Gasteiger partial charge is 0.462 e. The number of likely N-dealkylation sites (N-methyl/N-ethyl adjacent to an activating group) is 1. The SMILES string of the molecule is CC/C=C\C/C=C\C/C=C\C/C=C\C/C=C\C/C=C\CCCCCCCCCCCCCCC(=O)OC(COC(=O)CCCCCCC/C=C\C/C=C\CCC)COP(=O)(O)OCC[N+](C)(C)C. The van der Waals surface area contributed by atoms with Gasteiger partial charge in [-0.3, -0.25) is 18.6 Å². The third-order valence-electron chi connectivity index (χ3n) is 11.1. The number of esters is 2. The standard InChI is InChI=1S/C58H100NO8P/c1-6-8-10-12-14-16-18-20-21-22-23-24-25-26-27-28-29-30-31-32-33-34-35-36-37-39-41-43-45-47-49-51-58(61)67-56(55-66-68(62,63)65-53-52-59(3,4)5)54-64-57(60)50-48-46-44-42-40-38-19-17-15-13-11-9-7-2/h8,10-11,13-14,16-17,19-21,23-24,26-27,29-30,56H,6-7,9,12,15,18,22,25,28,31-55H2,1-5H3/p+1/b10-8-,13-11-,16-14-,19-17-,21-20-,24-23-,27-26-,30-29-. The van der Waals surface area contributed by atoms with Crippen molar-refractivity contribution < 1.29 is 42.1 Å². The van der Waals surface area contributed by atoms with Gasteiger partial charge < -0.3 is 18.9 Å². The number of rotatable bonds is 48. The molecular weight excluding hydrogens is 870 g/mol. The Labute approximate surface area is 417 Å². The second-order valence-corrected chi connectivity index (χ2v) is 20.3. The summed E-state index contributed by atoms with van der Waals surface area (Å²) in [5.41, 5.74) is 0. The topological polar surface area (TPSA) is 108 Å². The van der Waals surface area contributed by atoms with Crippen LogP contribution in [0, 0.1) is 0 Å². The lowest BCUT2D eigenvalue weighted by molar-refractivity contribution is -0.870. The van der Waals surface area contributed by atoms with E-state index in [1.54, 1.807) is 0 Å². The van der Waals surface area contributed by atoms with Gasteiger partial charge in [0.25, 0.3) is 0 Å². The van der Waals surface area contributed by atoms with Gasteiger partial charge in [0.15, 0.2) is 6.10 Å². The molecule has 1 N–H and O–H groups in total. The Hall–Kier alpha value is -3.07. The Bertz CT molecular complexity index is 1470. The average Bonchev–Trinajstić information content (AvgIpc) is 3.30. The number of quaternary nitrogens is 1. The summed E-state index contributed by atoms with van der Waals surface area (Å²) in [4.78, 5) is 35.5. The first-order valence-corrected chi connectivity index (χ1v) is 28.5. The van der Waals surface area contributed by atoms with Crippen molar-refractivity contribution in [1.29, 1.82) is 0 Å². The van der Waals surface area contributed by atoms with E-state index in [9.17, 15) is 19.0 Å². The first-order chi connectivity index (χ1) is 33.0. The minimum atomic E-state index is -4.39. The van der Waals surface area contributed by atoms with E-state index in [1.165, 1.54) is 64.2 Å². The van der Waals surface area contributed by atoms with Gasteiger partial charge in [-0.15, -0.1) is 0 Å². The van der Waals surface area contributed by atoms with Crippen LogP contribution in [0.15, 0.2) is 97.2 Å². The fraction of sp³-hybridized carbons (Fsp3) is 0.690. The normalized spacial score (nSPS) is 14.1. The van der Waals surface area contributed by atoms with Crippen molar-refractivity contribution in [2.45, 2.75) is 213 Å². The third kappa shape index (κ3) is 52.3. The molecule has 0 saturated heterocycles. The summed E-state index contributed by atoms with van der Waals surface area (Å²) < 4.78 is 34.4. The van der Waals surface area contributed by atoms with Crippen molar-refractivity contribution in [3.05, 3.63) is 97.2 Å². The highest BCUT2D eigenvalue weighted by molar-refractivity contribution is 7.47. The number of allylic oxidation sites excluding steroid dienone is 16. The molecule has 68 heavy (non-hydrogen) atoms. The minimum Gasteiger partial charge on any atom is -0.462 e. The molecule has 0 fully saturated rings. The summed E-state index contributed by atoms with van der Waals surface area (Å²) in [6.07, 6.45) is 66.2. The minimum absolute atomic E-state index is 0.0248. The Morgan fingerprint density at radius 3 is 1.25 bits per heavy atom. The zero-order valence-corrected chi connectivity index (χ0v) is 45.0. The van der Waals surface area contributed by atoms with Gasteiger partial charge in [0.05, 0.1) is 27.7 Å². The molecule has 0 aromatic carbocycles. The second-order valence-electron chi connectivity index (χ2n) is 18.9. The first kappa shape index (κ1) is 64.9. The molecule has 9 nitrogen and oxygen atoms in total. The highest BCUT2D eigenvalue weighted by Gasteiger charge is 2.27. The number of nitrogens with zero attached hydrogens (tertiary/aromatic N) is 1. The Balaban J connectivity index is 4.15. The van der Waals surface area contributed by atoms with Gasteiger partial charge in [-0.2, -0.15) is 0 Å². The van der Waals surface area contributed by atoms with E-state index < -0.39 is 26.5 Å². The molecule has 2 unspecified atom stereocenters.